The molecule has 1 fully saturated rings. The Morgan fingerprint density at radius 2 is 1.66 bits per heavy atom. The lowest BCUT2D eigenvalue weighted by atomic mass is 10.0. The highest BCUT2D eigenvalue weighted by Gasteiger charge is 2.46. The zero-order chi connectivity index (χ0) is 26.6. The molecule has 4 aromatic rings. The van der Waals surface area contributed by atoms with Crippen molar-refractivity contribution in [3.05, 3.63) is 84.4 Å². The van der Waals surface area contributed by atoms with Gasteiger partial charge in [0.25, 0.3) is 5.91 Å². The lowest BCUT2D eigenvalue weighted by Crippen LogP contribution is -2.31. The van der Waals surface area contributed by atoms with Crippen molar-refractivity contribution in [1.82, 2.24) is 19.5 Å². The summed E-state index contributed by atoms with van der Waals surface area (Å²) in [5.41, 5.74) is 1.61. The number of carbonyl (C=O) groups excluding carboxylic acids is 3. The maximum atomic E-state index is 12.7. The van der Waals surface area contributed by atoms with Crippen molar-refractivity contribution >= 4 is 34.8 Å². The summed E-state index contributed by atoms with van der Waals surface area (Å²) >= 11 is 0. The van der Waals surface area contributed by atoms with Gasteiger partial charge in [0.2, 0.25) is 0 Å². The summed E-state index contributed by atoms with van der Waals surface area (Å²) in [6, 6.07) is 17.4. The fourth-order valence-electron chi connectivity index (χ4n) is 4.34. The van der Waals surface area contributed by atoms with Crippen LogP contribution < -0.4 is 5.32 Å². The van der Waals surface area contributed by atoms with Gasteiger partial charge < -0.3 is 19.5 Å². The molecule has 38 heavy (non-hydrogen) atoms. The van der Waals surface area contributed by atoms with E-state index >= 15 is 0 Å². The molecule has 0 bridgehead atoms. The Bertz CT molecular complexity index is 1460. The smallest absolute Gasteiger partial charge is 0.338 e. The number of ether oxygens (including phenoxy) is 3. The van der Waals surface area contributed by atoms with E-state index in [0.717, 1.165) is 0 Å². The number of amides is 1. The number of hydrogen-bond donors (Lipinski definition) is 1. The Balaban J connectivity index is 1.38. The summed E-state index contributed by atoms with van der Waals surface area (Å²) in [6.07, 6.45) is 0.728. The molecule has 5 rings (SSSR count). The maximum absolute atomic E-state index is 12.7. The number of esters is 2. The van der Waals surface area contributed by atoms with Crippen molar-refractivity contribution in [3.8, 4) is 0 Å². The monoisotopic (exact) mass is 515 g/mol. The summed E-state index contributed by atoms with van der Waals surface area (Å²) in [4.78, 5) is 50.0. The standard InChI is InChI=1S/C27H25N5O6/c1-16-20(13-36-27(35)19-11-7-4-8-12-19)38-26(22(16)37-17(2)33)32-15-30-21-23(28-14-29-24(21)32)31-25(34)18-9-5-3-6-10-18/h3-12,14-16,20,22,26H,13H2,1-2H3,(H,28,29,31,34)/t16-,20-,22-,26-/m1/s1. The molecular weight excluding hydrogens is 490 g/mol. The van der Waals surface area contributed by atoms with Gasteiger partial charge in [-0.1, -0.05) is 43.3 Å². The average molecular weight is 516 g/mol. The third-order valence-electron chi connectivity index (χ3n) is 6.29. The van der Waals surface area contributed by atoms with Crippen molar-refractivity contribution in [1.29, 1.82) is 0 Å². The topological polar surface area (TPSA) is 135 Å². The molecule has 0 radical (unpaired) electrons. The molecule has 1 aliphatic heterocycles. The van der Waals surface area contributed by atoms with Crippen LogP contribution in [0.1, 0.15) is 40.8 Å². The highest BCUT2D eigenvalue weighted by atomic mass is 16.6. The number of rotatable bonds is 7. The Morgan fingerprint density at radius 1 is 0.974 bits per heavy atom. The summed E-state index contributed by atoms with van der Waals surface area (Å²) in [5.74, 6) is -1.39. The van der Waals surface area contributed by atoms with Crippen molar-refractivity contribution in [2.45, 2.75) is 32.3 Å². The molecular formula is C27H25N5O6. The largest absolute Gasteiger partial charge is 0.459 e. The number of anilines is 1. The molecule has 2 aromatic carbocycles. The quantitative estimate of drug-likeness (QED) is 0.367. The van der Waals surface area contributed by atoms with E-state index in [2.05, 4.69) is 20.3 Å². The van der Waals surface area contributed by atoms with Gasteiger partial charge in [-0.05, 0) is 24.3 Å². The molecule has 0 saturated carbocycles. The van der Waals surface area contributed by atoms with Crippen LogP contribution in [-0.2, 0) is 19.0 Å². The lowest BCUT2D eigenvalue weighted by molar-refractivity contribution is -0.153. The highest BCUT2D eigenvalue weighted by Crippen LogP contribution is 2.38. The van der Waals surface area contributed by atoms with Crippen molar-refractivity contribution in [3.63, 3.8) is 0 Å². The van der Waals surface area contributed by atoms with Gasteiger partial charge in [-0.2, -0.15) is 0 Å². The summed E-state index contributed by atoms with van der Waals surface area (Å²) < 4.78 is 19.0. The number of nitrogens with zero attached hydrogens (tertiary/aromatic N) is 4. The zero-order valence-corrected chi connectivity index (χ0v) is 20.7. The van der Waals surface area contributed by atoms with Gasteiger partial charge >= 0.3 is 11.9 Å². The molecule has 4 atom stereocenters. The maximum Gasteiger partial charge on any atom is 0.338 e. The SMILES string of the molecule is CC(=O)O[C@@H]1[C@H](C)[C@@H](COC(=O)c2ccccc2)O[C@H]1n1cnc2c(NC(=O)c3ccccc3)ncnc21. The molecule has 0 unspecified atom stereocenters. The Kier molecular flexibility index (Phi) is 7.09. The van der Waals surface area contributed by atoms with E-state index < -0.39 is 30.4 Å². The van der Waals surface area contributed by atoms with E-state index in [1.807, 2.05) is 19.1 Å². The average Bonchev–Trinajstić information content (AvgIpc) is 3.49. The number of aromatic nitrogens is 4. The molecule has 1 amide bonds. The van der Waals surface area contributed by atoms with E-state index in [1.165, 1.54) is 19.6 Å². The number of nitrogens with one attached hydrogen (secondary N) is 1. The normalized spacial score (nSPS) is 20.7. The molecule has 0 aliphatic carbocycles. The summed E-state index contributed by atoms with van der Waals surface area (Å²) in [7, 11) is 0. The van der Waals surface area contributed by atoms with Crippen molar-refractivity contribution < 1.29 is 28.6 Å². The first-order valence-corrected chi connectivity index (χ1v) is 12.0. The van der Waals surface area contributed by atoms with E-state index in [1.54, 1.807) is 53.1 Å². The van der Waals surface area contributed by atoms with Crippen molar-refractivity contribution in [2.75, 3.05) is 11.9 Å². The van der Waals surface area contributed by atoms with Gasteiger partial charge in [0.1, 0.15) is 19.0 Å². The first-order chi connectivity index (χ1) is 18.4. The Labute approximate surface area is 217 Å². The second-order valence-corrected chi connectivity index (χ2v) is 8.83. The molecule has 1 saturated heterocycles. The number of fused-ring (bicyclic) bond motifs is 1. The Morgan fingerprint density at radius 3 is 2.34 bits per heavy atom. The van der Waals surface area contributed by atoms with Gasteiger partial charge in [-0.25, -0.2) is 19.7 Å². The fourth-order valence-corrected chi connectivity index (χ4v) is 4.34. The minimum absolute atomic E-state index is 0.0385. The molecule has 11 heteroatoms. The van der Waals surface area contributed by atoms with Crippen LogP contribution in [0.5, 0.6) is 0 Å². The van der Waals surface area contributed by atoms with Crippen LogP contribution in [0.25, 0.3) is 11.2 Å². The van der Waals surface area contributed by atoms with Gasteiger partial charge in [0.15, 0.2) is 29.3 Å². The van der Waals surface area contributed by atoms with Gasteiger partial charge in [-0.3, -0.25) is 14.2 Å². The van der Waals surface area contributed by atoms with Crippen LogP contribution in [0.4, 0.5) is 5.82 Å². The second kappa shape index (κ2) is 10.8. The molecule has 1 N–H and O–H groups in total. The first-order valence-electron chi connectivity index (χ1n) is 12.0. The van der Waals surface area contributed by atoms with E-state index in [9.17, 15) is 14.4 Å². The van der Waals surface area contributed by atoms with Crippen LogP contribution >= 0.6 is 0 Å². The highest BCUT2D eigenvalue weighted by molar-refractivity contribution is 6.06. The van der Waals surface area contributed by atoms with Crippen LogP contribution in [0.3, 0.4) is 0 Å². The Hall–Kier alpha value is -4.64. The third-order valence-corrected chi connectivity index (χ3v) is 6.29. The van der Waals surface area contributed by atoms with Crippen LogP contribution in [0.15, 0.2) is 73.3 Å². The minimum atomic E-state index is -0.799. The van der Waals surface area contributed by atoms with E-state index in [4.69, 9.17) is 14.2 Å². The molecule has 1 aliphatic rings. The van der Waals surface area contributed by atoms with Crippen LogP contribution in [-0.4, -0.2) is 56.2 Å². The lowest BCUT2D eigenvalue weighted by Gasteiger charge is -2.21. The number of carbonyl (C=O) groups is 3. The van der Waals surface area contributed by atoms with Gasteiger partial charge in [-0.15, -0.1) is 0 Å². The predicted octanol–water partition coefficient (Wildman–Crippen LogP) is 3.40. The van der Waals surface area contributed by atoms with Crippen LogP contribution in [0.2, 0.25) is 0 Å². The van der Waals surface area contributed by atoms with Crippen LogP contribution in [0, 0.1) is 5.92 Å². The minimum Gasteiger partial charge on any atom is -0.459 e. The van der Waals surface area contributed by atoms with Crippen molar-refractivity contribution in [2.24, 2.45) is 5.92 Å². The van der Waals surface area contributed by atoms with Gasteiger partial charge in [0.05, 0.1) is 11.9 Å². The first kappa shape index (κ1) is 25.0. The number of benzene rings is 2. The third kappa shape index (κ3) is 5.09. The predicted molar refractivity (Wildman–Crippen MR) is 135 cm³/mol. The number of hydrogen-bond acceptors (Lipinski definition) is 9. The molecule has 3 heterocycles. The van der Waals surface area contributed by atoms with E-state index in [0.29, 0.717) is 22.3 Å². The number of imidazole rings is 1. The second-order valence-electron chi connectivity index (χ2n) is 8.83. The molecule has 0 spiro atoms. The molecule has 194 valence electrons. The fraction of sp³-hybridized carbons (Fsp3) is 0.259. The van der Waals surface area contributed by atoms with E-state index in [-0.39, 0.29) is 24.2 Å². The van der Waals surface area contributed by atoms with Gasteiger partial charge in [0, 0.05) is 18.4 Å². The summed E-state index contributed by atoms with van der Waals surface area (Å²) in [5, 5.41) is 2.76. The summed E-state index contributed by atoms with van der Waals surface area (Å²) in [6.45, 7) is 3.13. The molecule has 2 aromatic heterocycles. The molecule has 11 nitrogen and oxygen atoms in total. The zero-order valence-electron chi connectivity index (χ0n) is 20.7.